The number of carbonyl (C=O) groups is 1. The fraction of sp³-hybridized carbons (Fsp3) is 0.167. The molecule has 4 nitrogen and oxygen atoms in total. The number of rotatable bonds is 4. The zero-order valence-corrected chi connectivity index (χ0v) is 10.0. The lowest BCUT2D eigenvalue weighted by Crippen LogP contribution is -1.91. The molecule has 0 radical (unpaired) electrons. The molecule has 0 unspecified atom stereocenters. The summed E-state index contributed by atoms with van der Waals surface area (Å²) in [7, 11) is 0. The molecule has 1 N–H and O–H groups in total. The summed E-state index contributed by atoms with van der Waals surface area (Å²) in [4.78, 5) is 14.7. The number of hydrogen-bond donors (Lipinski definition) is 1. The van der Waals surface area contributed by atoms with Gasteiger partial charge in [0.15, 0.2) is 5.09 Å². The van der Waals surface area contributed by atoms with E-state index in [2.05, 4.69) is 4.98 Å². The van der Waals surface area contributed by atoms with Crippen molar-refractivity contribution in [1.29, 1.82) is 0 Å². The van der Waals surface area contributed by atoms with Gasteiger partial charge in [0.1, 0.15) is 0 Å². The van der Waals surface area contributed by atoms with Gasteiger partial charge >= 0.3 is 5.97 Å². The van der Waals surface area contributed by atoms with Crippen LogP contribution >= 0.6 is 11.8 Å². The Morgan fingerprint density at radius 1 is 1.47 bits per heavy atom. The largest absolute Gasteiger partial charge is 0.475 e. The molecule has 0 amide bonds. The van der Waals surface area contributed by atoms with Crippen molar-refractivity contribution >= 4 is 17.7 Å². The number of thioether (sulfide) groups is 1. The summed E-state index contributed by atoms with van der Waals surface area (Å²) in [5.41, 5.74) is 2.19. The molecule has 2 heterocycles. The molecule has 0 fully saturated rings. The minimum absolute atomic E-state index is 0.0325. The summed E-state index contributed by atoms with van der Waals surface area (Å²) < 4.78 is 5.14. The molecule has 0 spiro atoms. The molecule has 0 aliphatic heterocycles. The van der Waals surface area contributed by atoms with Crippen LogP contribution in [0.5, 0.6) is 0 Å². The third kappa shape index (κ3) is 3.10. The fourth-order valence-electron chi connectivity index (χ4n) is 1.36. The average molecular weight is 249 g/mol. The molecule has 0 aliphatic carbocycles. The van der Waals surface area contributed by atoms with Crippen LogP contribution in [0, 0.1) is 6.92 Å². The Balaban J connectivity index is 2.00. The molecule has 88 valence electrons. The van der Waals surface area contributed by atoms with Gasteiger partial charge in [0.2, 0.25) is 5.76 Å². The molecular formula is C12H11NO3S. The Kier molecular flexibility index (Phi) is 3.49. The summed E-state index contributed by atoms with van der Waals surface area (Å²) in [6.07, 6.45) is 3.59. The maximum absolute atomic E-state index is 10.6. The molecule has 0 saturated carbocycles. The number of furan rings is 1. The van der Waals surface area contributed by atoms with Gasteiger partial charge in [0.25, 0.3) is 0 Å². The van der Waals surface area contributed by atoms with Gasteiger partial charge in [-0.15, -0.1) is 0 Å². The molecule has 2 rings (SSSR count). The first-order valence-electron chi connectivity index (χ1n) is 5.01. The lowest BCUT2D eigenvalue weighted by atomic mass is 10.2. The number of hydrogen-bond acceptors (Lipinski definition) is 4. The average Bonchev–Trinajstić information content (AvgIpc) is 2.75. The summed E-state index contributed by atoms with van der Waals surface area (Å²) in [5, 5.41) is 9.31. The maximum atomic E-state index is 10.6. The Hall–Kier alpha value is -1.75. The van der Waals surface area contributed by atoms with E-state index in [1.807, 2.05) is 13.0 Å². The first-order valence-corrected chi connectivity index (χ1v) is 6.00. The smallest absolute Gasteiger partial charge is 0.371 e. The quantitative estimate of drug-likeness (QED) is 0.844. The van der Waals surface area contributed by atoms with Crippen LogP contribution in [0.1, 0.15) is 21.7 Å². The van der Waals surface area contributed by atoms with Crippen molar-refractivity contribution in [1.82, 2.24) is 4.98 Å². The number of aromatic nitrogens is 1. The second-order valence-corrected chi connectivity index (χ2v) is 4.56. The standard InChI is InChI=1S/C12H11NO3S/c1-8-4-9(6-13-5-8)7-17-11-3-2-10(16-11)12(14)15/h2-6H,7H2,1H3,(H,14,15). The van der Waals surface area contributed by atoms with Gasteiger partial charge in [-0.1, -0.05) is 17.8 Å². The van der Waals surface area contributed by atoms with E-state index in [1.54, 1.807) is 18.5 Å². The highest BCUT2D eigenvalue weighted by molar-refractivity contribution is 7.98. The zero-order chi connectivity index (χ0) is 12.3. The van der Waals surface area contributed by atoms with Crippen molar-refractivity contribution in [2.45, 2.75) is 17.8 Å². The molecule has 0 saturated heterocycles. The van der Waals surface area contributed by atoms with E-state index in [1.165, 1.54) is 17.8 Å². The van der Waals surface area contributed by atoms with Crippen molar-refractivity contribution in [3.05, 3.63) is 47.5 Å². The highest BCUT2D eigenvalue weighted by Gasteiger charge is 2.09. The molecular weight excluding hydrogens is 238 g/mol. The number of carboxylic acid groups (broad SMARTS) is 1. The summed E-state index contributed by atoms with van der Waals surface area (Å²) in [5.74, 6) is -0.370. The molecule has 0 atom stereocenters. The van der Waals surface area contributed by atoms with E-state index in [-0.39, 0.29) is 5.76 Å². The number of aromatic carboxylic acids is 1. The van der Waals surface area contributed by atoms with Crippen LogP contribution in [0.25, 0.3) is 0 Å². The van der Waals surface area contributed by atoms with Crippen molar-refractivity contribution < 1.29 is 14.3 Å². The van der Waals surface area contributed by atoms with Crippen LogP contribution in [0.4, 0.5) is 0 Å². The van der Waals surface area contributed by atoms with Crippen molar-refractivity contribution in [2.24, 2.45) is 0 Å². The van der Waals surface area contributed by atoms with Gasteiger partial charge in [-0.2, -0.15) is 0 Å². The zero-order valence-electron chi connectivity index (χ0n) is 9.21. The maximum Gasteiger partial charge on any atom is 0.371 e. The molecule has 5 heteroatoms. The minimum atomic E-state index is -1.05. The molecule has 2 aromatic rings. The fourth-order valence-corrected chi connectivity index (χ4v) is 2.14. The van der Waals surface area contributed by atoms with Gasteiger partial charge in [-0.05, 0) is 30.2 Å². The van der Waals surface area contributed by atoms with E-state index in [0.29, 0.717) is 10.8 Å². The lowest BCUT2D eigenvalue weighted by molar-refractivity contribution is 0.0656. The van der Waals surface area contributed by atoms with Crippen molar-refractivity contribution in [2.75, 3.05) is 0 Å². The topological polar surface area (TPSA) is 63.3 Å². The number of pyridine rings is 1. The Labute approximate surface area is 103 Å². The van der Waals surface area contributed by atoms with E-state index in [4.69, 9.17) is 9.52 Å². The minimum Gasteiger partial charge on any atom is -0.475 e. The third-order valence-electron chi connectivity index (χ3n) is 2.10. The van der Waals surface area contributed by atoms with E-state index >= 15 is 0 Å². The summed E-state index contributed by atoms with van der Waals surface area (Å²) in [6, 6.07) is 5.16. The van der Waals surface area contributed by atoms with E-state index < -0.39 is 5.97 Å². The predicted molar refractivity (Wildman–Crippen MR) is 64.2 cm³/mol. The van der Waals surface area contributed by atoms with Gasteiger partial charge in [0, 0.05) is 18.1 Å². The van der Waals surface area contributed by atoms with E-state index in [9.17, 15) is 4.79 Å². The Bertz CT molecular complexity index is 536. The highest BCUT2D eigenvalue weighted by atomic mass is 32.2. The number of carboxylic acids is 1. The number of aryl methyl sites for hydroxylation is 1. The Morgan fingerprint density at radius 3 is 2.94 bits per heavy atom. The van der Waals surface area contributed by atoms with Crippen LogP contribution in [0.3, 0.4) is 0 Å². The van der Waals surface area contributed by atoms with Gasteiger partial charge < -0.3 is 9.52 Å². The predicted octanol–water partition coefficient (Wildman–Crippen LogP) is 2.97. The van der Waals surface area contributed by atoms with Crippen LogP contribution in [-0.4, -0.2) is 16.1 Å². The molecule has 0 bridgehead atoms. The normalized spacial score (nSPS) is 10.4. The third-order valence-corrected chi connectivity index (χ3v) is 3.09. The number of nitrogens with zero attached hydrogens (tertiary/aromatic N) is 1. The van der Waals surface area contributed by atoms with Crippen molar-refractivity contribution in [3.63, 3.8) is 0 Å². The molecule has 0 aromatic carbocycles. The molecule has 0 aliphatic rings. The van der Waals surface area contributed by atoms with Gasteiger partial charge in [-0.3, -0.25) is 4.98 Å². The van der Waals surface area contributed by atoms with Gasteiger partial charge in [-0.25, -0.2) is 4.79 Å². The first kappa shape index (κ1) is 11.7. The van der Waals surface area contributed by atoms with Crippen LogP contribution < -0.4 is 0 Å². The second-order valence-electron chi connectivity index (χ2n) is 3.58. The van der Waals surface area contributed by atoms with Crippen LogP contribution in [0.15, 0.2) is 40.1 Å². The first-order chi connectivity index (χ1) is 8.15. The Morgan fingerprint density at radius 2 is 2.29 bits per heavy atom. The van der Waals surface area contributed by atoms with E-state index in [0.717, 1.165) is 11.1 Å². The van der Waals surface area contributed by atoms with Crippen molar-refractivity contribution in [3.8, 4) is 0 Å². The van der Waals surface area contributed by atoms with Crippen LogP contribution in [0.2, 0.25) is 0 Å². The molecule has 17 heavy (non-hydrogen) atoms. The van der Waals surface area contributed by atoms with Gasteiger partial charge in [0.05, 0.1) is 0 Å². The monoisotopic (exact) mass is 249 g/mol. The SMILES string of the molecule is Cc1cncc(CSc2ccc(C(=O)O)o2)c1. The highest BCUT2D eigenvalue weighted by Crippen LogP contribution is 2.24. The summed E-state index contributed by atoms with van der Waals surface area (Å²) >= 11 is 1.45. The molecule has 2 aromatic heterocycles. The lowest BCUT2D eigenvalue weighted by Gasteiger charge is -1.99. The van der Waals surface area contributed by atoms with Crippen LogP contribution in [-0.2, 0) is 5.75 Å². The summed E-state index contributed by atoms with van der Waals surface area (Å²) in [6.45, 7) is 1.98. The second kappa shape index (κ2) is 5.05.